The molecular weight excluding hydrogens is 283 g/mol. The first-order valence-electron chi connectivity index (χ1n) is 7.27. The Morgan fingerprint density at radius 3 is 2.62 bits per heavy atom. The van der Waals surface area contributed by atoms with Gasteiger partial charge >= 0.3 is 6.18 Å². The zero-order valence-electron chi connectivity index (χ0n) is 12.4. The molecule has 2 heterocycles. The van der Waals surface area contributed by atoms with Gasteiger partial charge in [0.2, 0.25) is 0 Å². The van der Waals surface area contributed by atoms with E-state index in [2.05, 4.69) is 10.3 Å². The van der Waals surface area contributed by atoms with Gasteiger partial charge in [-0.05, 0) is 39.7 Å². The molecule has 1 aromatic rings. The van der Waals surface area contributed by atoms with Crippen molar-refractivity contribution in [1.82, 2.24) is 14.9 Å². The molecule has 0 radical (unpaired) electrons. The molecule has 1 aromatic heterocycles. The lowest BCUT2D eigenvalue weighted by atomic mass is 10.1. The number of halogens is 3. The summed E-state index contributed by atoms with van der Waals surface area (Å²) in [7, 11) is 0. The van der Waals surface area contributed by atoms with E-state index in [1.165, 1.54) is 0 Å². The van der Waals surface area contributed by atoms with Crippen molar-refractivity contribution in [2.75, 3.05) is 6.54 Å². The average molecular weight is 305 g/mol. The fourth-order valence-corrected chi connectivity index (χ4v) is 2.55. The van der Waals surface area contributed by atoms with Gasteiger partial charge in [-0.15, -0.1) is 0 Å². The Kier molecular flexibility index (Phi) is 4.63. The second-order valence-electron chi connectivity index (χ2n) is 6.17. The monoisotopic (exact) mass is 305 g/mol. The second kappa shape index (κ2) is 5.96. The minimum Gasteiger partial charge on any atom is -0.390 e. The topological polar surface area (TPSA) is 50.1 Å². The van der Waals surface area contributed by atoms with E-state index in [1.807, 2.05) is 0 Å². The lowest BCUT2D eigenvalue weighted by molar-refractivity contribution is -0.141. The molecule has 21 heavy (non-hydrogen) atoms. The minimum absolute atomic E-state index is 0.123. The number of fused-ring (bicyclic) bond motifs is 1. The lowest BCUT2D eigenvalue weighted by Gasteiger charge is -2.19. The smallest absolute Gasteiger partial charge is 0.390 e. The fourth-order valence-electron chi connectivity index (χ4n) is 2.55. The number of imidazole rings is 1. The lowest BCUT2D eigenvalue weighted by Crippen LogP contribution is -2.28. The van der Waals surface area contributed by atoms with Crippen LogP contribution in [0.5, 0.6) is 0 Å². The maximum Gasteiger partial charge on any atom is 0.435 e. The van der Waals surface area contributed by atoms with Crippen molar-refractivity contribution in [1.29, 1.82) is 0 Å². The van der Waals surface area contributed by atoms with E-state index >= 15 is 0 Å². The summed E-state index contributed by atoms with van der Waals surface area (Å²) in [6.07, 6.45) is -1.56. The number of alkyl halides is 3. The van der Waals surface area contributed by atoms with Crippen LogP contribution in [0.2, 0.25) is 0 Å². The molecule has 0 fully saturated rings. The quantitative estimate of drug-likeness (QED) is 0.822. The molecule has 2 rings (SSSR count). The van der Waals surface area contributed by atoms with Crippen LogP contribution in [0.15, 0.2) is 0 Å². The molecule has 0 amide bonds. The molecule has 4 nitrogen and oxygen atoms in total. The third-order valence-electron chi connectivity index (χ3n) is 3.66. The number of nitrogens with zero attached hydrogens (tertiary/aromatic N) is 2. The van der Waals surface area contributed by atoms with Crippen molar-refractivity contribution < 1.29 is 18.3 Å². The van der Waals surface area contributed by atoms with Gasteiger partial charge in [0.05, 0.1) is 11.3 Å². The highest BCUT2D eigenvalue weighted by Crippen LogP contribution is 2.33. The Morgan fingerprint density at radius 2 is 2.00 bits per heavy atom. The zero-order valence-corrected chi connectivity index (χ0v) is 12.4. The molecule has 7 heteroatoms. The molecule has 0 saturated carbocycles. The number of nitrogens with one attached hydrogen (secondary N) is 1. The van der Waals surface area contributed by atoms with E-state index in [4.69, 9.17) is 0 Å². The van der Waals surface area contributed by atoms with Crippen LogP contribution in [-0.4, -0.2) is 26.8 Å². The van der Waals surface area contributed by atoms with Crippen molar-refractivity contribution in [2.24, 2.45) is 0 Å². The van der Waals surface area contributed by atoms with Gasteiger partial charge in [-0.3, -0.25) is 0 Å². The van der Waals surface area contributed by atoms with Crippen LogP contribution in [0.1, 0.15) is 50.3 Å². The highest BCUT2D eigenvalue weighted by Gasteiger charge is 2.39. The van der Waals surface area contributed by atoms with Gasteiger partial charge in [0.15, 0.2) is 5.69 Å². The van der Waals surface area contributed by atoms with Gasteiger partial charge < -0.3 is 15.0 Å². The predicted octanol–water partition coefficient (Wildman–Crippen LogP) is 2.49. The summed E-state index contributed by atoms with van der Waals surface area (Å²) in [6, 6.07) is 0. The molecule has 2 N–H and O–H groups in total. The molecule has 0 aliphatic carbocycles. The first kappa shape index (κ1) is 16.3. The van der Waals surface area contributed by atoms with Gasteiger partial charge in [0.1, 0.15) is 5.82 Å². The molecule has 0 aromatic carbocycles. The van der Waals surface area contributed by atoms with Crippen LogP contribution in [0.25, 0.3) is 0 Å². The van der Waals surface area contributed by atoms with Crippen molar-refractivity contribution in [3.8, 4) is 0 Å². The standard InChI is InChI=1S/C14H22F3N3O/c1-13(2,21)6-7-18-9-10-12(14(15,16)17)19-11-5-3-4-8-20(10)11/h18,21H,3-9H2,1-2H3. The Bertz CT molecular complexity index is 489. The number of aryl methyl sites for hydroxylation is 1. The number of hydrogen-bond acceptors (Lipinski definition) is 3. The van der Waals surface area contributed by atoms with Crippen molar-refractivity contribution in [2.45, 2.75) is 64.4 Å². The Morgan fingerprint density at radius 1 is 1.29 bits per heavy atom. The maximum atomic E-state index is 13.1. The molecular formula is C14H22F3N3O. The maximum absolute atomic E-state index is 13.1. The molecule has 0 bridgehead atoms. The van der Waals surface area contributed by atoms with Gasteiger partial charge in [0, 0.05) is 19.5 Å². The van der Waals surface area contributed by atoms with E-state index in [-0.39, 0.29) is 12.2 Å². The minimum atomic E-state index is -4.42. The molecule has 1 aliphatic rings. The van der Waals surface area contributed by atoms with Crippen LogP contribution in [0.4, 0.5) is 13.2 Å². The normalized spacial score (nSPS) is 16.1. The van der Waals surface area contributed by atoms with Gasteiger partial charge in [-0.1, -0.05) is 0 Å². The Balaban J connectivity index is 2.11. The molecule has 0 atom stereocenters. The summed E-state index contributed by atoms with van der Waals surface area (Å²) in [6.45, 7) is 4.53. The number of aromatic nitrogens is 2. The van der Waals surface area contributed by atoms with E-state index in [9.17, 15) is 18.3 Å². The zero-order chi connectivity index (χ0) is 15.7. The highest BCUT2D eigenvalue weighted by molar-refractivity contribution is 5.21. The van der Waals surface area contributed by atoms with Crippen LogP contribution < -0.4 is 5.32 Å². The summed E-state index contributed by atoms with van der Waals surface area (Å²) in [4.78, 5) is 3.80. The summed E-state index contributed by atoms with van der Waals surface area (Å²) < 4.78 is 41.0. The fraction of sp³-hybridized carbons (Fsp3) is 0.786. The first-order chi connectivity index (χ1) is 9.68. The molecule has 0 saturated heterocycles. The van der Waals surface area contributed by atoms with E-state index in [0.717, 1.165) is 12.8 Å². The van der Waals surface area contributed by atoms with Crippen LogP contribution in [-0.2, 0) is 25.7 Å². The van der Waals surface area contributed by atoms with Gasteiger partial charge in [-0.2, -0.15) is 13.2 Å². The highest BCUT2D eigenvalue weighted by atomic mass is 19.4. The summed E-state index contributed by atoms with van der Waals surface area (Å²) >= 11 is 0. The Labute approximate surface area is 122 Å². The summed E-state index contributed by atoms with van der Waals surface area (Å²) in [5.74, 6) is 0.535. The Hall–Kier alpha value is -1.08. The summed E-state index contributed by atoms with van der Waals surface area (Å²) in [5.41, 5.74) is -1.38. The van der Waals surface area contributed by atoms with E-state index in [0.29, 0.717) is 31.8 Å². The SMILES string of the molecule is CC(C)(O)CCNCc1c(C(F)(F)F)nc2n1CCCC2. The predicted molar refractivity (Wildman–Crippen MR) is 72.8 cm³/mol. The number of aliphatic hydroxyl groups is 1. The van der Waals surface area contributed by atoms with Gasteiger partial charge in [0.25, 0.3) is 0 Å². The van der Waals surface area contributed by atoms with E-state index < -0.39 is 17.5 Å². The average Bonchev–Trinajstić information content (AvgIpc) is 2.72. The largest absolute Gasteiger partial charge is 0.435 e. The van der Waals surface area contributed by atoms with Crippen LogP contribution in [0.3, 0.4) is 0 Å². The molecule has 1 aliphatic heterocycles. The molecule has 120 valence electrons. The third kappa shape index (κ3) is 4.20. The second-order valence-corrected chi connectivity index (χ2v) is 6.17. The molecule has 0 spiro atoms. The van der Waals surface area contributed by atoms with Crippen molar-refractivity contribution in [3.05, 3.63) is 17.2 Å². The third-order valence-corrected chi connectivity index (χ3v) is 3.66. The van der Waals surface area contributed by atoms with Crippen molar-refractivity contribution >= 4 is 0 Å². The number of rotatable bonds is 5. The summed E-state index contributed by atoms with van der Waals surface area (Å²) in [5, 5.41) is 12.6. The van der Waals surface area contributed by atoms with Crippen LogP contribution in [0, 0.1) is 0 Å². The van der Waals surface area contributed by atoms with Gasteiger partial charge in [-0.25, -0.2) is 4.98 Å². The van der Waals surface area contributed by atoms with Crippen LogP contribution >= 0.6 is 0 Å². The first-order valence-corrected chi connectivity index (χ1v) is 7.27. The van der Waals surface area contributed by atoms with E-state index in [1.54, 1.807) is 18.4 Å². The molecule has 0 unspecified atom stereocenters. The van der Waals surface area contributed by atoms with Crippen molar-refractivity contribution in [3.63, 3.8) is 0 Å². The number of hydrogen-bond donors (Lipinski definition) is 2.